The Labute approximate surface area is 251 Å². The molecule has 216 valence electrons. The quantitative estimate of drug-likeness (QED) is 0.269. The molecule has 0 saturated carbocycles. The lowest BCUT2D eigenvalue weighted by atomic mass is 9.67. The zero-order chi connectivity index (χ0) is 30.5. The first kappa shape index (κ1) is 28.2. The number of rotatable bonds is 7. The molecule has 2 atom stereocenters. The molecule has 1 heterocycles. The van der Waals surface area contributed by atoms with Crippen LogP contribution in [0.5, 0.6) is 17.2 Å². The number of phenols is 1. The number of amides is 1. The van der Waals surface area contributed by atoms with Crippen LogP contribution in [0.2, 0.25) is 0 Å². The molecule has 1 unspecified atom stereocenters. The van der Waals surface area contributed by atoms with Gasteiger partial charge in [-0.25, -0.2) is 0 Å². The summed E-state index contributed by atoms with van der Waals surface area (Å²) in [4.78, 5) is 54.3. The Balaban J connectivity index is 1.35. The molecule has 6 rings (SSSR count). The van der Waals surface area contributed by atoms with E-state index in [0.717, 1.165) is 32.2 Å². The zero-order valence-corrected chi connectivity index (χ0v) is 24.4. The molecular weight excluding hydrogens is 566 g/mol. The molecule has 0 saturated heterocycles. The van der Waals surface area contributed by atoms with Crippen molar-refractivity contribution in [2.24, 2.45) is 5.92 Å². The van der Waals surface area contributed by atoms with E-state index in [1.54, 1.807) is 11.8 Å². The number of benzene rings is 4. The van der Waals surface area contributed by atoms with Crippen LogP contribution in [-0.2, 0) is 26.3 Å². The van der Waals surface area contributed by atoms with Crippen molar-refractivity contribution < 1.29 is 33.8 Å². The van der Waals surface area contributed by atoms with Crippen LogP contribution in [0.1, 0.15) is 35.3 Å². The maximum absolute atomic E-state index is 13.8. The molecule has 1 aliphatic heterocycles. The fourth-order valence-electron chi connectivity index (χ4n) is 5.81. The average molecular weight is 594 g/mol. The predicted molar refractivity (Wildman–Crippen MR) is 161 cm³/mol. The molecule has 0 radical (unpaired) electrons. The van der Waals surface area contributed by atoms with E-state index in [2.05, 4.69) is 17.4 Å². The Morgan fingerprint density at radius 3 is 2.42 bits per heavy atom. The second-order valence-electron chi connectivity index (χ2n) is 10.6. The lowest BCUT2D eigenvalue weighted by molar-refractivity contribution is -0.140. The van der Waals surface area contributed by atoms with Crippen LogP contribution in [0.3, 0.4) is 0 Å². The number of hydrogen-bond acceptors (Lipinski definition) is 8. The maximum Gasteiger partial charge on any atom is 0.259 e. The second-order valence-corrected chi connectivity index (χ2v) is 11.7. The highest BCUT2D eigenvalue weighted by atomic mass is 32.2. The molecule has 2 N–H and O–H groups in total. The first-order valence-electron chi connectivity index (χ1n) is 13.6. The van der Waals surface area contributed by atoms with Crippen LogP contribution in [0.4, 0.5) is 0 Å². The molecule has 0 fully saturated rings. The normalized spacial score (nSPS) is 18.9. The molecule has 0 aromatic heterocycles. The van der Waals surface area contributed by atoms with E-state index in [4.69, 9.17) is 9.47 Å². The highest BCUT2D eigenvalue weighted by molar-refractivity contribution is 7.99. The van der Waals surface area contributed by atoms with Gasteiger partial charge in [-0.3, -0.25) is 19.2 Å². The van der Waals surface area contributed by atoms with Crippen molar-refractivity contribution in [2.75, 3.05) is 7.11 Å². The van der Waals surface area contributed by atoms with Crippen molar-refractivity contribution in [3.63, 3.8) is 0 Å². The number of allylic oxidation sites excluding steroid dienone is 2. The topological polar surface area (TPSA) is 119 Å². The summed E-state index contributed by atoms with van der Waals surface area (Å²) in [6, 6.07) is 23.2. The molecule has 9 heteroatoms. The van der Waals surface area contributed by atoms with Gasteiger partial charge in [0.05, 0.1) is 12.7 Å². The fourth-order valence-corrected chi connectivity index (χ4v) is 6.78. The summed E-state index contributed by atoms with van der Waals surface area (Å²) >= 11 is 1.66. The van der Waals surface area contributed by atoms with Gasteiger partial charge in [-0.1, -0.05) is 60.3 Å². The first-order chi connectivity index (χ1) is 20.6. The molecule has 1 amide bonds. The van der Waals surface area contributed by atoms with E-state index >= 15 is 0 Å². The summed E-state index contributed by atoms with van der Waals surface area (Å²) in [6.07, 6.45) is 1.10. The lowest BCUT2D eigenvalue weighted by Crippen LogP contribution is -2.47. The van der Waals surface area contributed by atoms with Crippen molar-refractivity contribution in [3.05, 3.63) is 101 Å². The Hall–Kier alpha value is -4.89. The van der Waals surface area contributed by atoms with E-state index in [1.807, 2.05) is 54.6 Å². The van der Waals surface area contributed by atoms with E-state index in [9.17, 15) is 24.3 Å². The van der Waals surface area contributed by atoms with Crippen LogP contribution in [-0.4, -0.2) is 35.5 Å². The van der Waals surface area contributed by atoms with Crippen molar-refractivity contribution in [3.8, 4) is 17.2 Å². The largest absolute Gasteiger partial charge is 0.507 e. The van der Waals surface area contributed by atoms with Crippen molar-refractivity contribution in [2.45, 2.75) is 35.6 Å². The minimum absolute atomic E-state index is 0.0150. The molecule has 2 aliphatic rings. The number of ketones is 3. The van der Waals surface area contributed by atoms with Gasteiger partial charge in [-0.2, -0.15) is 0 Å². The molecule has 0 spiro atoms. The molecular formula is C34H27NO7S. The number of ether oxygens (including phenoxy) is 2. The summed E-state index contributed by atoms with van der Waals surface area (Å²) < 4.78 is 11.4. The maximum atomic E-state index is 13.8. The molecule has 1 aliphatic carbocycles. The minimum Gasteiger partial charge on any atom is -0.507 e. The summed E-state index contributed by atoms with van der Waals surface area (Å²) in [5, 5.41) is 15.9. The van der Waals surface area contributed by atoms with Crippen LogP contribution in [0.25, 0.3) is 10.8 Å². The van der Waals surface area contributed by atoms with Gasteiger partial charge < -0.3 is 19.9 Å². The molecule has 43 heavy (non-hydrogen) atoms. The highest BCUT2D eigenvalue weighted by Gasteiger charge is 2.58. The Kier molecular flexibility index (Phi) is 7.06. The van der Waals surface area contributed by atoms with E-state index in [-0.39, 0.29) is 40.7 Å². The average Bonchev–Trinajstić information content (AvgIpc) is 3.30. The Morgan fingerprint density at radius 2 is 1.72 bits per heavy atom. The molecule has 4 aromatic carbocycles. The van der Waals surface area contributed by atoms with Crippen molar-refractivity contribution in [1.29, 1.82) is 0 Å². The minimum atomic E-state index is -1.63. The van der Waals surface area contributed by atoms with Gasteiger partial charge in [0.1, 0.15) is 39.9 Å². The van der Waals surface area contributed by atoms with Crippen molar-refractivity contribution >= 4 is 45.8 Å². The number of fused-ring (bicyclic) bond motifs is 4. The van der Waals surface area contributed by atoms with Gasteiger partial charge in [0.2, 0.25) is 0 Å². The van der Waals surface area contributed by atoms with Gasteiger partial charge in [0, 0.05) is 28.5 Å². The van der Waals surface area contributed by atoms with Gasteiger partial charge in [-0.05, 0) is 48.4 Å². The fraction of sp³-hybridized carbons (Fsp3) is 0.176. The third kappa shape index (κ3) is 4.56. The number of hydrogen-bond donors (Lipinski definition) is 2. The van der Waals surface area contributed by atoms with Gasteiger partial charge >= 0.3 is 0 Å². The monoisotopic (exact) mass is 593 g/mol. The highest BCUT2D eigenvalue weighted by Crippen LogP contribution is 2.56. The summed E-state index contributed by atoms with van der Waals surface area (Å²) in [7, 11) is 1.35. The lowest BCUT2D eigenvalue weighted by Gasteiger charge is -2.30. The predicted octanol–water partition coefficient (Wildman–Crippen LogP) is 5.53. The Bertz CT molecular complexity index is 1880. The van der Waals surface area contributed by atoms with Crippen LogP contribution >= 0.6 is 11.8 Å². The second kappa shape index (κ2) is 10.7. The molecule has 4 aromatic rings. The SMILES string of the molecule is COc1cc(O)c2c(c1C(=O)NCc1ccc(Sc3ccccc3)c3ccccc13)OC1=CC(=O)C(C(C)=O)C(=O)[C@]12C. The number of nitrogens with one attached hydrogen (secondary N) is 1. The summed E-state index contributed by atoms with van der Waals surface area (Å²) in [5.41, 5.74) is -0.772. The summed E-state index contributed by atoms with van der Waals surface area (Å²) in [6.45, 7) is 2.81. The third-order valence-corrected chi connectivity index (χ3v) is 9.06. The first-order valence-corrected chi connectivity index (χ1v) is 14.4. The zero-order valence-electron chi connectivity index (χ0n) is 23.6. The van der Waals surface area contributed by atoms with Crippen LogP contribution in [0, 0.1) is 5.92 Å². The standard InChI is InChI=1S/C34H27NO7S/c1-18(36)28-23(37)16-27-34(2,32(28)39)30-24(38)15-25(41-3)29(31(30)42-27)33(40)35-17-19-13-14-26(22-12-8-7-11-21(19)22)43-20-9-5-4-6-10-20/h4-16,28,38H,17H2,1-3H3,(H,35,40)/t28?,34-/m1/s1. The van der Waals surface area contributed by atoms with Crippen LogP contribution in [0.15, 0.2) is 94.4 Å². The third-order valence-electron chi connectivity index (χ3n) is 7.98. The van der Waals surface area contributed by atoms with Gasteiger partial charge in [0.15, 0.2) is 17.3 Å². The van der Waals surface area contributed by atoms with E-state index in [0.29, 0.717) is 0 Å². The van der Waals surface area contributed by atoms with E-state index in [1.165, 1.54) is 27.0 Å². The van der Waals surface area contributed by atoms with E-state index < -0.39 is 34.6 Å². The number of carbonyl (C=O) groups is 4. The van der Waals surface area contributed by atoms with Gasteiger partial charge in [0.25, 0.3) is 5.91 Å². The number of methoxy groups -OCH3 is 1. The number of phenolic OH excluding ortho intramolecular Hbond substituents is 1. The molecule has 0 bridgehead atoms. The number of carbonyl (C=O) groups excluding carboxylic acids is 4. The number of aromatic hydroxyl groups is 1. The van der Waals surface area contributed by atoms with Crippen molar-refractivity contribution in [1.82, 2.24) is 5.32 Å². The Morgan fingerprint density at radius 1 is 1.02 bits per heavy atom. The summed E-state index contributed by atoms with van der Waals surface area (Å²) in [5.74, 6) is -4.56. The number of Topliss-reactive ketones (excluding diaryl/α,β-unsaturated/α-hetero) is 2. The smallest absolute Gasteiger partial charge is 0.259 e. The van der Waals surface area contributed by atoms with Crippen LogP contribution < -0.4 is 14.8 Å². The molecule has 8 nitrogen and oxygen atoms in total. The van der Waals surface area contributed by atoms with Gasteiger partial charge in [-0.15, -0.1) is 0 Å².